The normalized spacial score (nSPS) is 12.0. The molecule has 0 N–H and O–H groups in total. The first-order valence-corrected chi connectivity index (χ1v) is 9.02. The maximum atomic E-state index is 5.99. The standard InChI is InChI=1S/C18H38O2/c1-5-9-11-12-13-14-15-17-18(19-7-3,20-8-4)16-10-6-2/h5-17H2,1-4H3. The van der Waals surface area contributed by atoms with Crippen molar-refractivity contribution in [2.75, 3.05) is 13.2 Å². The van der Waals surface area contributed by atoms with Gasteiger partial charge in [0.05, 0.1) is 0 Å². The molecule has 0 aliphatic heterocycles. The molecule has 0 radical (unpaired) electrons. The molecule has 0 bridgehead atoms. The predicted molar refractivity (Wildman–Crippen MR) is 88.1 cm³/mol. The monoisotopic (exact) mass is 286 g/mol. The van der Waals surface area contributed by atoms with Gasteiger partial charge < -0.3 is 9.47 Å². The average Bonchev–Trinajstić information content (AvgIpc) is 2.45. The Balaban J connectivity index is 3.99. The molecule has 0 spiro atoms. The summed E-state index contributed by atoms with van der Waals surface area (Å²) in [6, 6.07) is 0. The number of hydrogen-bond donors (Lipinski definition) is 0. The molecule has 0 aliphatic rings. The molecule has 20 heavy (non-hydrogen) atoms. The zero-order valence-electron chi connectivity index (χ0n) is 14.5. The zero-order chi connectivity index (χ0) is 15.1. The molecule has 0 aromatic rings. The molecule has 0 atom stereocenters. The smallest absolute Gasteiger partial charge is 0.168 e. The van der Waals surface area contributed by atoms with Gasteiger partial charge in [0, 0.05) is 26.1 Å². The quantitative estimate of drug-likeness (QED) is 0.268. The van der Waals surface area contributed by atoms with Crippen LogP contribution in [0.15, 0.2) is 0 Å². The summed E-state index contributed by atoms with van der Waals surface area (Å²) >= 11 is 0. The van der Waals surface area contributed by atoms with E-state index in [1.165, 1.54) is 57.8 Å². The van der Waals surface area contributed by atoms with Crippen molar-refractivity contribution in [3.05, 3.63) is 0 Å². The Kier molecular flexibility index (Phi) is 13.8. The summed E-state index contributed by atoms with van der Waals surface area (Å²) in [4.78, 5) is 0. The van der Waals surface area contributed by atoms with Gasteiger partial charge in [-0.1, -0.05) is 58.8 Å². The van der Waals surface area contributed by atoms with E-state index in [-0.39, 0.29) is 5.79 Å². The maximum Gasteiger partial charge on any atom is 0.168 e. The summed E-state index contributed by atoms with van der Waals surface area (Å²) in [5, 5.41) is 0. The van der Waals surface area contributed by atoms with Crippen molar-refractivity contribution in [2.24, 2.45) is 0 Å². The van der Waals surface area contributed by atoms with E-state index in [0.717, 1.165) is 26.1 Å². The van der Waals surface area contributed by atoms with Gasteiger partial charge in [0.15, 0.2) is 5.79 Å². The van der Waals surface area contributed by atoms with Crippen LogP contribution in [0.1, 0.15) is 98.3 Å². The number of ether oxygens (including phenoxy) is 2. The van der Waals surface area contributed by atoms with Gasteiger partial charge in [-0.25, -0.2) is 0 Å². The molecule has 0 saturated carbocycles. The second kappa shape index (κ2) is 13.9. The second-order valence-electron chi connectivity index (χ2n) is 5.75. The molecule has 0 aromatic carbocycles. The van der Waals surface area contributed by atoms with Crippen molar-refractivity contribution in [1.82, 2.24) is 0 Å². The fourth-order valence-corrected chi connectivity index (χ4v) is 2.78. The molecule has 0 unspecified atom stereocenters. The summed E-state index contributed by atoms with van der Waals surface area (Å²) in [7, 11) is 0. The first kappa shape index (κ1) is 19.9. The van der Waals surface area contributed by atoms with Gasteiger partial charge in [0.1, 0.15) is 0 Å². The summed E-state index contributed by atoms with van der Waals surface area (Å²) in [6.45, 7) is 10.2. The van der Waals surface area contributed by atoms with Crippen LogP contribution in [0.25, 0.3) is 0 Å². The summed E-state index contributed by atoms with van der Waals surface area (Å²) < 4.78 is 12.0. The zero-order valence-corrected chi connectivity index (χ0v) is 14.5. The molecule has 0 heterocycles. The van der Waals surface area contributed by atoms with Gasteiger partial charge in [0.25, 0.3) is 0 Å². The highest BCUT2D eigenvalue weighted by atomic mass is 16.7. The first-order valence-electron chi connectivity index (χ1n) is 9.02. The Hall–Kier alpha value is -0.0800. The number of unbranched alkanes of at least 4 members (excludes halogenated alkanes) is 7. The van der Waals surface area contributed by atoms with Gasteiger partial charge >= 0.3 is 0 Å². The average molecular weight is 286 g/mol. The van der Waals surface area contributed by atoms with Crippen LogP contribution in [-0.2, 0) is 9.47 Å². The molecule has 0 fully saturated rings. The third-order valence-electron chi connectivity index (χ3n) is 3.89. The van der Waals surface area contributed by atoms with Gasteiger partial charge in [-0.2, -0.15) is 0 Å². The van der Waals surface area contributed by atoms with E-state index in [2.05, 4.69) is 27.7 Å². The molecule has 122 valence electrons. The molecular formula is C18H38O2. The van der Waals surface area contributed by atoms with Crippen LogP contribution in [0.2, 0.25) is 0 Å². The highest BCUT2D eigenvalue weighted by Gasteiger charge is 2.29. The van der Waals surface area contributed by atoms with Crippen LogP contribution in [0.4, 0.5) is 0 Å². The molecule has 0 aliphatic carbocycles. The molecular weight excluding hydrogens is 248 g/mol. The Bertz CT molecular complexity index is 186. The van der Waals surface area contributed by atoms with Crippen molar-refractivity contribution in [2.45, 2.75) is 104 Å². The molecule has 2 nitrogen and oxygen atoms in total. The van der Waals surface area contributed by atoms with Crippen LogP contribution >= 0.6 is 0 Å². The van der Waals surface area contributed by atoms with Gasteiger partial charge in [-0.3, -0.25) is 0 Å². The third-order valence-corrected chi connectivity index (χ3v) is 3.89. The van der Waals surface area contributed by atoms with Crippen molar-refractivity contribution >= 4 is 0 Å². The third kappa shape index (κ3) is 9.77. The largest absolute Gasteiger partial charge is 0.350 e. The fourth-order valence-electron chi connectivity index (χ4n) is 2.78. The second-order valence-corrected chi connectivity index (χ2v) is 5.75. The molecule has 0 aromatic heterocycles. The minimum Gasteiger partial charge on any atom is -0.350 e. The Morgan fingerprint density at radius 2 is 1.00 bits per heavy atom. The van der Waals surface area contributed by atoms with Crippen LogP contribution < -0.4 is 0 Å². The van der Waals surface area contributed by atoms with Crippen LogP contribution in [0.3, 0.4) is 0 Å². The number of hydrogen-bond acceptors (Lipinski definition) is 2. The van der Waals surface area contributed by atoms with E-state index in [1.54, 1.807) is 0 Å². The van der Waals surface area contributed by atoms with Crippen molar-refractivity contribution < 1.29 is 9.47 Å². The lowest BCUT2D eigenvalue weighted by molar-refractivity contribution is -0.241. The Morgan fingerprint density at radius 3 is 1.50 bits per heavy atom. The highest BCUT2D eigenvalue weighted by molar-refractivity contribution is 4.70. The SMILES string of the molecule is CCCCCCCCCC(CCCC)(OCC)OCC. The van der Waals surface area contributed by atoms with E-state index in [1.807, 2.05) is 0 Å². The van der Waals surface area contributed by atoms with E-state index in [0.29, 0.717) is 0 Å². The Labute approximate surface area is 127 Å². The van der Waals surface area contributed by atoms with Crippen molar-refractivity contribution in [1.29, 1.82) is 0 Å². The van der Waals surface area contributed by atoms with Gasteiger partial charge in [-0.15, -0.1) is 0 Å². The lowest BCUT2D eigenvalue weighted by Gasteiger charge is -2.33. The Morgan fingerprint density at radius 1 is 0.550 bits per heavy atom. The minimum atomic E-state index is -0.303. The van der Waals surface area contributed by atoms with Crippen molar-refractivity contribution in [3.8, 4) is 0 Å². The lowest BCUT2D eigenvalue weighted by atomic mass is 10.00. The van der Waals surface area contributed by atoms with Crippen LogP contribution in [-0.4, -0.2) is 19.0 Å². The van der Waals surface area contributed by atoms with E-state index < -0.39 is 0 Å². The minimum absolute atomic E-state index is 0.303. The van der Waals surface area contributed by atoms with Gasteiger partial charge in [0.2, 0.25) is 0 Å². The highest BCUT2D eigenvalue weighted by Crippen LogP contribution is 2.28. The van der Waals surface area contributed by atoms with E-state index in [9.17, 15) is 0 Å². The maximum absolute atomic E-state index is 5.99. The van der Waals surface area contributed by atoms with E-state index >= 15 is 0 Å². The van der Waals surface area contributed by atoms with Crippen LogP contribution in [0, 0.1) is 0 Å². The molecule has 0 amide bonds. The van der Waals surface area contributed by atoms with E-state index in [4.69, 9.17) is 9.47 Å². The molecule has 2 heteroatoms. The number of rotatable bonds is 15. The topological polar surface area (TPSA) is 18.5 Å². The van der Waals surface area contributed by atoms with Crippen molar-refractivity contribution in [3.63, 3.8) is 0 Å². The fraction of sp³-hybridized carbons (Fsp3) is 1.00. The summed E-state index contributed by atoms with van der Waals surface area (Å²) in [5.74, 6) is -0.303. The summed E-state index contributed by atoms with van der Waals surface area (Å²) in [5.41, 5.74) is 0. The molecule has 0 rings (SSSR count). The first-order chi connectivity index (χ1) is 9.74. The lowest BCUT2D eigenvalue weighted by Crippen LogP contribution is -2.36. The predicted octanol–water partition coefficient (Wildman–Crippen LogP) is 6.09. The summed E-state index contributed by atoms with van der Waals surface area (Å²) in [6.07, 6.45) is 13.9. The van der Waals surface area contributed by atoms with Gasteiger partial charge in [-0.05, 0) is 26.7 Å². The molecule has 0 saturated heterocycles. The van der Waals surface area contributed by atoms with Crippen LogP contribution in [0.5, 0.6) is 0 Å².